The smallest absolute Gasteiger partial charge is 0.223 e. The third kappa shape index (κ3) is 3.78. The summed E-state index contributed by atoms with van der Waals surface area (Å²) >= 11 is 0. The summed E-state index contributed by atoms with van der Waals surface area (Å²) in [7, 11) is 0. The number of hydrogen-bond acceptors (Lipinski definition) is 2. The molecule has 1 fully saturated rings. The zero-order chi connectivity index (χ0) is 12.1. The lowest BCUT2D eigenvalue weighted by Gasteiger charge is -2.21. The van der Waals surface area contributed by atoms with Crippen LogP contribution in [0.1, 0.15) is 46.5 Å². The molecule has 94 valence electrons. The lowest BCUT2D eigenvalue weighted by atomic mass is 9.94. The van der Waals surface area contributed by atoms with Gasteiger partial charge in [-0.1, -0.05) is 20.3 Å². The number of rotatable bonds is 5. The van der Waals surface area contributed by atoms with Gasteiger partial charge in [0, 0.05) is 12.0 Å². The largest absolute Gasteiger partial charge is 0.353 e. The van der Waals surface area contributed by atoms with E-state index in [4.69, 9.17) is 5.73 Å². The first kappa shape index (κ1) is 13.5. The van der Waals surface area contributed by atoms with Crippen LogP contribution in [0.5, 0.6) is 0 Å². The molecule has 0 saturated heterocycles. The molecule has 0 aromatic carbocycles. The van der Waals surface area contributed by atoms with Crippen LogP contribution in [0.25, 0.3) is 0 Å². The number of nitrogens with one attached hydrogen (secondary N) is 1. The standard InChI is InChI=1S/C13H26N2O/c1-9(2)7-10(3)15-13(16)12-6-4-5-11(12)8-14/h9-12H,4-8,14H2,1-3H3,(H,15,16). The minimum atomic E-state index is 0.166. The number of carbonyl (C=O) groups is 1. The summed E-state index contributed by atoms with van der Waals surface area (Å²) in [4.78, 5) is 12.0. The van der Waals surface area contributed by atoms with Crippen LogP contribution in [0.15, 0.2) is 0 Å². The van der Waals surface area contributed by atoms with E-state index in [2.05, 4.69) is 26.1 Å². The normalized spacial score (nSPS) is 27.1. The molecule has 0 aromatic rings. The Kier molecular flexibility index (Phi) is 5.26. The number of nitrogens with two attached hydrogens (primary N) is 1. The molecule has 3 heteroatoms. The van der Waals surface area contributed by atoms with E-state index in [-0.39, 0.29) is 17.9 Å². The predicted molar refractivity (Wildman–Crippen MR) is 66.9 cm³/mol. The zero-order valence-corrected chi connectivity index (χ0v) is 10.8. The Labute approximate surface area is 99.2 Å². The average Bonchev–Trinajstić information content (AvgIpc) is 2.63. The van der Waals surface area contributed by atoms with E-state index in [9.17, 15) is 4.79 Å². The Bertz CT molecular complexity index is 228. The molecular weight excluding hydrogens is 200 g/mol. The molecule has 16 heavy (non-hydrogen) atoms. The fourth-order valence-corrected chi connectivity index (χ4v) is 2.78. The number of hydrogen-bond donors (Lipinski definition) is 2. The van der Waals surface area contributed by atoms with Gasteiger partial charge in [-0.25, -0.2) is 0 Å². The molecule has 1 aliphatic rings. The summed E-state index contributed by atoms with van der Waals surface area (Å²) in [6, 6.07) is 0.284. The van der Waals surface area contributed by atoms with Crippen LogP contribution in [0.2, 0.25) is 0 Å². The Balaban J connectivity index is 2.39. The van der Waals surface area contributed by atoms with Gasteiger partial charge in [0.1, 0.15) is 0 Å². The second-order valence-electron chi connectivity index (χ2n) is 5.57. The van der Waals surface area contributed by atoms with Gasteiger partial charge in [-0.2, -0.15) is 0 Å². The van der Waals surface area contributed by atoms with Crippen LogP contribution < -0.4 is 11.1 Å². The fraction of sp³-hybridized carbons (Fsp3) is 0.923. The Morgan fingerprint density at radius 1 is 1.38 bits per heavy atom. The molecule has 0 spiro atoms. The third-order valence-electron chi connectivity index (χ3n) is 3.51. The second-order valence-corrected chi connectivity index (χ2v) is 5.57. The first-order chi connectivity index (χ1) is 7.54. The van der Waals surface area contributed by atoms with Gasteiger partial charge in [0.2, 0.25) is 5.91 Å². The first-order valence-electron chi connectivity index (χ1n) is 6.55. The molecule has 0 bridgehead atoms. The van der Waals surface area contributed by atoms with Crippen molar-refractivity contribution in [3.05, 3.63) is 0 Å². The Morgan fingerprint density at radius 3 is 2.62 bits per heavy atom. The molecule has 1 aliphatic carbocycles. The van der Waals surface area contributed by atoms with Crippen molar-refractivity contribution in [3.8, 4) is 0 Å². The van der Waals surface area contributed by atoms with E-state index >= 15 is 0 Å². The Morgan fingerprint density at radius 2 is 2.06 bits per heavy atom. The van der Waals surface area contributed by atoms with Crippen molar-refractivity contribution in [3.63, 3.8) is 0 Å². The van der Waals surface area contributed by atoms with Crippen LogP contribution in [-0.2, 0) is 4.79 Å². The van der Waals surface area contributed by atoms with E-state index in [1.165, 1.54) is 0 Å². The lowest BCUT2D eigenvalue weighted by molar-refractivity contribution is -0.126. The van der Waals surface area contributed by atoms with Gasteiger partial charge >= 0.3 is 0 Å². The van der Waals surface area contributed by atoms with Crippen LogP contribution >= 0.6 is 0 Å². The number of carbonyl (C=O) groups excluding carboxylic acids is 1. The molecule has 0 aliphatic heterocycles. The van der Waals surface area contributed by atoms with Crippen LogP contribution in [0.4, 0.5) is 0 Å². The van der Waals surface area contributed by atoms with E-state index < -0.39 is 0 Å². The predicted octanol–water partition coefficient (Wildman–Crippen LogP) is 1.91. The summed E-state index contributed by atoms with van der Waals surface area (Å²) in [5.41, 5.74) is 5.69. The molecule has 1 rings (SSSR count). The van der Waals surface area contributed by atoms with Crippen LogP contribution in [-0.4, -0.2) is 18.5 Å². The Hall–Kier alpha value is -0.570. The van der Waals surface area contributed by atoms with Crippen molar-refractivity contribution in [1.29, 1.82) is 0 Å². The maximum Gasteiger partial charge on any atom is 0.223 e. The molecule has 0 radical (unpaired) electrons. The highest BCUT2D eigenvalue weighted by atomic mass is 16.1. The highest BCUT2D eigenvalue weighted by Crippen LogP contribution is 2.31. The lowest BCUT2D eigenvalue weighted by Crippen LogP contribution is -2.40. The van der Waals surface area contributed by atoms with Crippen molar-refractivity contribution < 1.29 is 4.79 Å². The topological polar surface area (TPSA) is 55.1 Å². The van der Waals surface area contributed by atoms with E-state index in [0.717, 1.165) is 25.7 Å². The third-order valence-corrected chi connectivity index (χ3v) is 3.51. The van der Waals surface area contributed by atoms with E-state index in [1.807, 2.05) is 0 Å². The summed E-state index contributed by atoms with van der Waals surface area (Å²) in [5.74, 6) is 1.43. The van der Waals surface area contributed by atoms with Crippen molar-refractivity contribution in [1.82, 2.24) is 5.32 Å². The molecule has 1 saturated carbocycles. The van der Waals surface area contributed by atoms with Gasteiger partial charge in [-0.05, 0) is 44.6 Å². The molecule has 3 N–H and O–H groups in total. The minimum Gasteiger partial charge on any atom is -0.353 e. The molecule has 3 nitrogen and oxygen atoms in total. The maximum absolute atomic E-state index is 12.0. The summed E-state index contributed by atoms with van der Waals surface area (Å²) in [6.07, 6.45) is 4.33. The van der Waals surface area contributed by atoms with Crippen molar-refractivity contribution in [2.75, 3.05) is 6.54 Å². The van der Waals surface area contributed by atoms with Gasteiger partial charge in [0.25, 0.3) is 0 Å². The molecule has 0 heterocycles. The van der Waals surface area contributed by atoms with Gasteiger partial charge in [-0.3, -0.25) is 4.79 Å². The van der Waals surface area contributed by atoms with Gasteiger partial charge < -0.3 is 11.1 Å². The highest BCUT2D eigenvalue weighted by molar-refractivity contribution is 5.79. The van der Waals surface area contributed by atoms with E-state index in [0.29, 0.717) is 18.4 Å². The molecule has 0 aromatic heterocycles. The molecule has 1 amide bonds. The van der Waals surface area contributed by atoms with Crippen molar-refractivity contribution in [2.24, 2.45) is 23.5 Å². The van der Waals surface area contributed by atoms with Gasteiger partial charge in [0.05, 0.1) is 0 Å². The molecular formula is C13H26N2O. The fourth-order valence-electron chi connectivity index (χ4n) is 2.78. The maximum atomic E-state index is 12.0. The number of amides is 1. The summed E-state index contributed by atoms with van der Waals surface area (Å²) in [6.45, 7) is 7.10. The monoisotopic (exact) mass is 226 g/mol. The van der Waals surface area contributed by atoms with Crippen molar-refractivity contribution >= 4 is 5.91 Å². The van der Waals surface area contributed by atoms with Gasteiger partial charge in [0.15, 0.2) is 0 Å². The van der Waals surface area contributed by atoms with Crippen LogP contribution in [0.3, 0.4) is 0 Å². The average molecular weight is 226 g/mol. The van der Waals surface area contributed by atoms with Gasteiger partial charge in [-0.15, -0.1) is 0 Å². The summed E-state index contributed by atoms with van der Waals surface area (Å²) in [5, 5.41) is 3.12. The molecule has 3 unspecified atom stereocenters. The quantitative estimate of drug-likeness (QED) is 0.752. The van der Waals surface area contributed by atoms with Crippen molar-refractivity contribution in [2.45, 2.75) is 52.5 Å². The zero-order valence-electron chi connectivity index (χ0n) is 10.8. The second kappa shape index (κ2) is 6.24. The van der Waals surface area contributed by atoms with E-state index in [1.54, 1.807) is 0 Å². The highest BCUT2D eigenvalue weighted by Gasteiger charge is 2.32. The first-order valence-corrected chi connectivity index (χ1v) is 6.55. The SMILES string of the molecule is CC(C)CC(C)NC(=O)C1CCCC1CN. The minimum absolute atomic E-state index is 0.166. The summed E-state index contributed by atoms with van der Waals surface area (Å²) < 4.78 is 0. The molecule has 3 atom stereocenters. The van der Waals surface area contributed by atoms with Crippen LogP contribution in [0, 0.1) is 17.8 Å².